The van der Waals surface area contributed by atoms with Gasteiger partial charge in [-0.15, -0.1) is 0 Å². The van der Waals surface area contributed by atoms with E-state index in [1.165, 1.54) is 11.1 Å². The molecule has 1 aliphatic rings. The molecule has 27 heavy (non-hydrogen) atoms. The Balaban J connectivity index is 1.42. The number of nitrogens with one attached hydrogen (secondary N) is 2. The van der Waals surface area contributed by atoms with Crippen LogP contribution >= 0.6 is 11.6 Å². The first-order valence-corrected chi connectivity index (χ1v) is 9.52. The molecular formula is C21H24ClN3O2. The summed E-state index contributed by atoms with van der Waals surface area (Å²) in [6, 6.07) is 15.4. The number of hydrogen-bond donors (Lipinski definition) is 2. The Labute approximate surface area is 164 Å². The third-order valence-electron chi connectivity index (χ3n) is 4.87. The van der Waals surface area contributed by atoms with E-state index in [4.69, 9.17) is 11.6 Å². The minimum atomic E-state index is -0.312. The molecule has 142 valence electrons. The molecule has 0 aliphatic carbocycles. The van der Waals surface area contributed by atoms with Gasteiger partial charge >= 0.3 is 0 Å². The normalized spacial score (nSPS) is 14.9. The molecule has 1 aliphatic heterocycles. The Kier molecular flexibility index (Phi) is 6.48. The lowest BCUT2D eigenvalue weighted by atomic mass is 9.99. The van der Waals surface area contributed by atoms with E-state index in [1.54, 1.807) is 24.3 Å². The van der Waals surface area contributed by atoms with Crippen LogP contribution in [-0.4, -0.2) is 42.4 Å². The third kappa shape index (κ3) is 5.31. The van der Waals surface area contributed by atoms with Gasteiger partial charge in [0.2, 0.25) is 5.91 Å². The fraction of sp³-hybridized carbons (Fsp3) is 0.333. The average molecular weight is 386 g/mol. The largest absolute Gasteiger partial charge is 0.353 e. The molecule has 0 spiro atoms. The molecule has 2 aromatic carbocycles. The van der Waals surface area contributed by atoms with Crippen LogP contribution in [0.2, 0.25) is 5.02 Å². The highest BCUT2D eigenvalue weighted by Crippen LogP contribution is 2.19. The maximum Gasteiger partial charge on any atom is 0.251 e. The number of carbonyl (C=O) groups is 2. The second-order valence-corrected chi connectivity index (χ2v) is 7.27. The van der Waals surface area contributed by atoms with E-state index in [0.29, 0.717) is 17.1 Å². The number of halogens is 1. The molecule has 1 heterocycles. The molecule has 0 bridgehead atoms. The summed E-state index contributed by atoms with van der Waals surface area (Å²) in [5, 5.41) is 6.01. The van der Waals surface area contributed by atoms with Gasteiger partial charge in [-0.2, -0.15) is 0 Å². The van der Waals surface area contributed by atoms with Crippen molar-refractivity contribution >= 4 is 23.4 Å². The topological polar surface area (TPSA) is 61.4 Å². The Bertz CT molecular complexity index is 825. The molecule has 0 saturated heterocycles. The predicted octanol–water partition coefficient (Wildman–Crippen LogP) is 2.63. The van der Waals surface area contributed by atoms with Crippen LogP contribution < -0.4 is 10.6 Å². The predicted molar refractivity (Wildman–Crippen MR) is 107 cm³/mol. The molecule has 2 amide bonds. The zero-order chi connectivity index (χ0) is 19.2. The van der Waals surface area contributed by atoms with Gasteiger partial charge in [0.05, 0.1) is 6.54 Å². The highest BCUT2D eigenvalue weighted by molar-refractivity contribution is 6.30. The fourth-order valence-electron chi connectivity index (χ4n) is 3.24. The van der Waals surface area contributed by atoms with Crippen LogP contribution in [0.15, 0.2) is 48.5 Å². The first-order chi connectivity index (χ1) is 13.0. The molecule has 2 N–H and O–H groups in total. The molecular weight excluding hydrogens is 362 g/mol. The van der Waals surface area contributed by atoms with Gasteiger partial charge in [0, 0.05) is 36.3 Å². The van der Waals surface area contributed by atoms with E-state index in [1.807, 2.05) is 0 Å². The van der Waals surface area contributed by atoms with Crippen molar-refractivity contribution < 1.29 is 9.59 Å². The van der Waals surface area contributed by atoms with Crippen LogP contribution in [0.1, 0.15) is 28.4 Å². The summed E-state index contributed by atoms with van der Waals surface area (Å²) in [6.45, 7) is 4.49. The van der Waals surface area contributed by atoms with E-state index < -0.39 is 0 Å². The minimum Gasteiger partial charge on any atom is -0.353 e. The highest BCUT2D eigenvalue weighted by Gasteiger charge is 2.20. The number of nitrogens with zero attached hydrogens (tertiary/aromatic N) is 1. The average Bonchev–Trinajstić information content (AvgIpc) is 2.69. The minimum absolute atomic E-state index is 0.0547. The van der Waals surface area contributed by atoms with Crippen LogP contribution in [0.5, 0.6) is 0 Å². The summed E-state index contributed by atoms with van der Waals surface area (Å²) >= 11 is 5.88. The maximum atomic E-state index is 12.1. The molecule has 2 aromatic rings. The molecule has 5 nitrogen and oxygen atoms in total. The first kappa shape index (κ1) is 19.4. The van der Waals surface area contributed by atoms with Crippen molar-refractivity contribution in [3.63, 3.8) is 0 Å². The van der Waals surface area contributed by atoms with Crippen LogP contribution in [0.3, 0.4) is 0 Å². The van der Waals surface area contributed by atoms with Crippen molar-refractivity contribution in [2.24, 2.45) is 0 Å². The fourth-order valence-corrected chi connectivity index (χ4v) is 3.43. The van der Waals surface area contributed by atoms with E-state index >= 15 is 0 Å². The van der Waals surface area contributed by atoms with Gasteiger partial charge in [0.1, 0.15) is 0 Å². The van der Waals surface area contributed by atoms with Gasteiger partial charge in [-0.3, -0.25) is 14.5 Å². The zero-order valence-corrected chi connectivity index (χ0v) is 16.1. The van der Waals surface area contributed by atoms with Crippen LogP contribution in [0, 0.1) is 0 Å². The molecule has 0 saturated carbocycles. The summed E-state index contributed by atoms with van der Waals surface area (Å²) in [7, 11) is 0. The second-order valence-electron chi connectivity index (χ2n) is 6.84. The monoisotopic (exact) mass is 385 g/mol. The summed E-state index contributed by atoms with van der Waals surface area (Å²) in [4.78, 5) is 26.5. The smallest absolute Gasteiger partial charge is 0.251 e. The van der Waals surface area contributed by atoms with Crippen LogP contribution in [-0.2, 0) is 17.8 Å². The van der Waals surface area contributed by atoms with Crippen molar-refractivity contribution in [3.05, 3.63) is 70.2 Å². The van der Waals surface area contributed by atoms with Crippen molar-refractivity contribution in [1.82, 2.24) is 15.5 Å². The lowest BCUT2D eigenvalue weighted by Crippen LogP contribution is -2.46. The molecule has 1 unspecified atom stereocenters. The number of carbonyl (C=O) groups excluding carboxylic acids is 2. The van der Waals surface area contributed by atoms with Gasteiger partial charge in [-0.25, -0.2) is 0 Å². The Morgan fingerprint density at radius 1 is 1.11 bits per heavy atom. The molecule has 6 heteroatoms. The van der Waals surface area contributed by atoms with Crippen molar-refractivity contribution in [3.8, 4) is 0 Å². The number of hydrogen-bond acceptors (Lipinski definition) is 3. The number of amides is 2. The van der Waals surface area contributed by atoms with Crippen molar-refractivity contribution in [1.29, 1.82) is 0 Å². The van der Waals surface area contributed by atoms with Crippen LogP contribution in [0.4, 0.5) is 0 Å². The Hall–Kier alpha value is -2.37. The Morgan fingerprint density at radius 2 is 1.89 bits per heavy atom. The second kappa shape index (κ2) is 9.02. The molecule has 3 rings (SSSR count). The van der Waals surface area contributed by atoms with Gasteiger partial charge in [0.25, 0.3) is 5.91 Å². The van der Waals surface area contributed by atoms with E-state index in [9.17, 15) is 9.59 Å². The molecule has 1 atom stereocenters. The van der Waals surface area contributed by atoms with E-state index in [0.717, 1.165) is 19.5 Å². The summed E-state index contributed by atoms with van der Waals surface area (Å²) in [6.07, 6.45) is 1.03. The summed E-state index contributed by atoms with van der Waals surface area (Å²) in [5.74, 6) is -0.511. The van der Waals surface area contributed by atoms with Crippen molar-refractivity contribution in [2.75, 3.05) is 19.6 Å². The van der Waals surface area contributed by atoms with Gasteiger partial charge in [-0.1, -0.05) is 41.9 Å². The van der Waals surface area contributed by atoms with Crippen molar-refractivity contribution in [2.45, 2.75) is 25.9 Å². The van der Waals surface area contributed by atoms with E-state index in [2.05, 4.69) is 46.7 Å². The lowest BCUT2D eigenvalue weighted by Gasteiger charge is -2.33. The van der Waals surface area contributed by atoms with Gasteiger partial charge in [0.15, 0.2) is 0 Å². The van der Waals surface area contributed by atoms with Crippen LogP contribution in [0.25, 0.3) is 0 Å². The van der Waals surface area contributed by atoms with Gasteiger partial charge < -0.3 is 10.6 Å². The standard InChI is InChI=1S/C21H24ClN3O2/c1-15(25-10-9-16-5-2-3-6-18(16)14-25)12-23-20(26)13-24-21(27)17-7-4-8-19(22)11-17/h2-8,11,15H,9-10,12-14H2,1H3,(H,23,26)(H,24,27). The summed E-state index contributed by atoms with van der Waals surface area (Å²) < 4.78 is 0. The number of benzene rings is 2. The SMILES string of the molecule is CC(CNC(=O)CNC(=O)c1cccc(Cl)c1)N1CCc2ccccc2C1. The number of rotatable bonds is 6. The molecule has 0 radical (unpaired) electrons. The number of fused-ring (bicyclic) bond motifs is 1. The van der Waals surface area contributed by atoms with Gasteiger partial charge in [-0.05, 0) is 42.7 Å². The first-order valence-electron chi connectivity index (χ1n) is 9.14. The summed E-state index contributed by atoms with van der Waals surface area (Å²) in [5.41, 5.74) is 3.21. The highest BCUT2D eigenvalue weighted by atomic mass is 35.5. The molecule has 0 fully saturated rings. The third-order valence-corrected chi connectivity index (χ3v) is 5.11. The lowest BCUT2D eigenvalue weighted by molar-refractivity contribution is -0.120. The molecule has 0 aromatic heterocycles. The quantitative estimate of drug-likeness (QED) is 0.803. The Morgan fingerprint density at radius 3 is 2.67 bits per heavy atom. The van der Waals surface area contributed by atoms with E-state index in [-0.39, 0.29) is 24.4 Å². The zero-order valence-electron chi connectivity index (χ0n) is 15.4. The maximum absolute atomic E-state index is 12.1.